The summed E-state index contributed by atoms with van der Waals surface area (Å²) in [5.41, 5.74) is 8.53. The minimum Gasteiger partial charge on any atom is -0.481 e. The van der Waals surface area contributed by atoms with Crippen LogP contribution in [0.4, 0.5) is 0 Å². The molecule has 0 saturated heterocycles. The van der Waals surface area contributed by atoms with Gasteiger partial charge < -0.3 is 4.74 Å². The van der Waals surface area contributed by atoms with Gasteiger partial charge in [0.05, 0.1) is 0 Å². The lowest BCUT2D eigenvalue weighted by molar-refractivity contribution is 0.204. The molecule has 2 aromatic carbocycles. The molecule has 1 aliphatic rings. The normalized spacial score (nSPS) is 14.0. The summed E-state index contributed by atoms with van der Waals surface area (Å²) in [4.78, 5) is 0. The van der Waals surface area contributed by atoms with E-state index in [1.54, 1.807) is 0 Å². The van der Waals surface area contributed by atoms with Gasteiger partial charge in [-0.2, -0.15) is 0 Å². The third-order valence-electron chi connectivity index (χ3n) is 4.41. The molecule has 0 aliphatic heterocycles. The van der Waals surface area contributed by atoms with Gasteiger partial charge in [-0.3, -0.25) is 0 Å². The molecule has 0 bridgehead atoms. The molecule has 0 fully saturated rings. The van der Waals surface area contributed by atoms with E-state index in [-0.39, 0.29) is 0 Å². The van der Waals surface area contributed by atoms with Gasteiger partial charge in [-0.05, 0) is 49.8 Å². The van der Waals surface area contributed by atoms with Crippen LogP contribution in [0.2, 0.25) is 0 Å². The second-order valence-electron chi connectivity index (χ2n) is 6.27. The summed E-state index contributed by atoms with van der Waals surface area (Å²) in [6.07, 6.45) is 6.79. The average Bonchev–Trinajstić information content (AvgIpc) is 2.64. The fourth-order valence-electron chi connectivity index (χ4n) is 3.01. The third-order valence-corrected chi connectivity index (χ3v) is 4.41. The molecule has 24 heavy (non-hydrogen) atoms. The molecule has 0 radical (unpaired) electrons. The van der Waals surface area contributed by atoms with Crippen LogP contribution in [0, 0.1) is 0 Å². The van der Waals surface area contributed by atoms with Crippen molar-refractivity contribution >= 4 is 6.08 Å². The monoisotopic (exact) mass is 316 g/mol. The van der Waals surface area contributed by atoms with Gasteiger partial charge in [0.1, 0.15) is 6.61 Å². The number of benzene rings is 2. The molecule has 1 nitrogen and oxygen atoms in total. The van der Waals surface area contributed by atoms with Crippen LogP contribution in [0.3, 0.4) is 0 Å². The number of rotatable bonds is 5. The summed E-state index contributed by atoms with van der Waals surface area (Å²) in [6.45, 7) is 2.81. The van der Waals surface area contributed by atoms with E-state index >= 15 is 0 Å². The highest BCUT2D eigenvalue weighted by molar-refractivity contribution is 5.50. The van der Waals surface area contributed by atoms with E-state index < -0.39 is 0 Å². The lowest BCUT2D eigenvalue weighted by atomic mass is 9.91. The zero-order valence-electron chi connectivity index (χ0n) is 14.3. The minimum atomic E-state index is 0.586. The molecule has 2 aromatic rings. The molecule has 122 valence electrons. The molecule has 1 heteroatoms. The number of ether oxygens (including phenoxy) is 1. The fraction of sp³-hybridized carbons (Fsp3) is 0.261. The van der Waals surface area contributed by atoms with Crippen molar-refractivity contribution in [2.45, 2.75) is 39.2 Å². The van der Waals surface area contributed by atoms with E-state index in [2.05, 4.69) is 36.9 Å². The van der Waals surface area contributed by atoms with Crippen LogP contribution in [0.5, 0.6) is 0 Å². The summed E-state index contributed by atoms with van der Waals surface area (Å²) in [5.74, 6) is 0.903. The van der Waals surface area contributed by atoms with Crippen molar-refractivity contribution in [2.24, 2.45) is 0 Å². The molecule has 0 N–H and O–H groups in total. The summed E-state index contributed by atoms with van der Waals surface area (Å²) in [5, 5.41) is 0. The van der Waals surface area contributed by atoms with Crippen molar-refractivity contribution in [1.29, 1.82) is 0 Å². The second kappa shape index (κ2) is 8.38. The highest BCUT2D eigenvalue weighted by atomic mass is 16.5. The van der Waals surface area contributed by atoms with Crippen molar-refractivity contribution in [1.82, 2.24) is 0 Å². The van der Waals surface area contributed by atoms with Crippen LogP contribution < -0.4 is 0 Å². The van der Waals surface area contributed by atoms with Crippen molar-refractivity contribution in [2.75, 3.05) is 0 Å². The van der Waals surface area contributed by atoms with Gasteiger partial charge >= 0.3 is 0 Å². The summed E-state index contributed by atoms with van der Waals surface area (Å²) in [7, 11) is 0. The maximum Gasteiger partial charge on any atom is 0.165 e. The van der Waals surface area contributed by atoms with E-state index in [9.17, 15) is 0 Å². The maximum atomic E-state index is 6.18. The number of allylic oxidation sites excluding steroid dienone is 2. The predicted octanol–water partition coefficient (Wildman–Crippen LogP) is 6.29. The predicted molar refractivity (Wildman–Crippen MR) is 100 cm³/mol. The molecule has 0 aromatic heterocycles. The lowest BCUT2D eigenvalue weighted by Crippen LogP contribution is -2.03. The number of hydrogen-bond donors (Lipinski definition) is 0. The molecule has 0 amide bonds. The molecular weight excluding hydrogens is 292 g/mol. The van der Waals surface area contributed by atoms with Crippen LogP contribution in [-0.2, 0) is 11.3 Å². The highest BCUT2D eigenvalue weighted by Crippen LogP contribution is 2.30. The molecule has 0 spiro atoms. The van der Waals surface area contributed by atoms with Gasteiger partial charge in [-0.25, -0.2) is 0 Å². The van der Waals surface area contributed by atoms with E-state index in [1.165, 1.54) is 36.0 Å². The standard InChI is InChI=1S/C23H24O/c1-19-10-8-9-15-22(19)23(17-16-20-11-4-2-5-12-20)24-18-21-13-6-3-7-14-21/h2-7,11-14,16H,8-10,15,18H2,1H3. The van der Waals surface area contributed by atoms with E-state index in [4.69, 9.17) is 4.74 Å². The van der Waals surface area contributed by atoms with Gasteiger partial charge in [0.25, 0.3) is 0 Å². The lowest BCUT2D eigenvalue weighted by Gasteiger charge is -2.19. The molecule has 0 saturated carbocycles. The first-order chi connectivity index (χ1) is 11.8. The van der Waals surface area contributed by atoms with E-state index in [1.807, 2.05) is 42.5 Å². The van der Waals surface area contributed by atoms with Gasteiger partial charge in [-0.15, -0.1) is 0 Å². The molecule has 1 aliphatic carbocycles. The molecular formula is C23H24O. The van der Waals surface area contributed by atoms with Crippen molar-refractivity contribution in [3.63, 3.8) is 0 Å². The zero-order chi connectivity index (χ0) is 16.6. The summed E-state index contributed by atoms with van der Waals surface area (Å²) >= 11 is 0. The summed E-state index contributed by atoms with van der Waals surface area (Å²) in [6, 6.07) is 20.6. The van der Waals surface area contributed by atoms with Crippen LogP contribution in [0.15, 0.2) is 83.3 Å². The first-order valence-electron chi connectivity index (χ1n) is 8.70. The minimum absolute atomic E-state index is 0.586. The Morgan fingerprint density at radius 1 is 0.958 bits per heavy atom. The van der Waals surface area contributed by atoms with Crippen LogP contribution >= 0.6 is 0 Å². The largest absolute Gasteiger partial charge is 0.481 e. The van der Waals surface area contributed by atoms with Gasteiger partial charge in [0.2, 0.25) is 0 Å². The molecule has 0 unspecified atom stereocenters. The van der Waals surface area contributed by atoms with Crippen LogP contribution in [-0.4, -0.2) is 0 Å². The van der Waals surface area contributed by atoms with Gasteiger partial charge in [-0.1, -0.05) is 72.0 Å². The average molecular weight is 316 g/mol. The van der Waals surface area contributed by atoms with Crippen LogP contribution in [0.25, 0.3) is 6.08 Å². The smallest absolute Gasteiger partial charge is 0.165 e. The van der Waals surface area contributed by atoms with Gasteiger partial charge in [0, 0.05) is 5.57 Å². The Hall–Kier alpha value is -2.50. The summed E-state index contributed by atoms with van der Waals surface area (Å²) < 4.78 is 6.18. The first-order valence-corrected chi connectivity index (χ1v) is 8.70. The molecule has 0 heterocycles. The molecule has 0 atom stereocenters. The Morgan fingerprint density at radius 3 is 2.33 bits per heavy atom. The quantitative estimate of drug-likeness (QED) is 0.465. The number of hydrogen-bond acceptors (Lipinski definition) is 1. The van der Waals surface area contributed by atoms with Crippen molar-refractivity contribution < 1.29 is 4.74 Å². The molecule has 3 rings (SSSR count). The van der Waals surface area contributed by atoms with Crippen molar-refractivity contribution in [3.05, 3.63) is 94.4 Å². The van der Waals surface area contributed by atoms with Crippen LogP contribution in [0.1, 0.15) is 43.7 Å². The Labute approximate surface area is 145 Å². The van der Waals surface area contributed by atoms with Crippen molar-refractivity contribution in [3.8, 4) is 0 Å². The maximum absolute atomic E-state index is 6.18. The Kier molecular flexibility index (Phi) is 5.71. The fourth-order valence-corrected chi connectivity index (χ4v) is 3.01. The third kappa shape index (κ3) is 4.50. The van der Waals surface area contributed by atoms with E-state index in [0.29, 0.717) is 6.61 Å². The van der Waals surface area contributed by atoms with E-state index in [0.717, 1.165) is 17.7 Å². The Morgan fingerprint density at radius 2 is 1.62 bits per heavy atom. The first kappa shape index (κ1) is 16.4. The Bertz CT molecular complexity index is 747. The SMILES string of the molecule is CC1=C(C(=C=Cc2ccccc2)OCc2ccccc2)CCCC1. The highest BCUT2D eigenvalue weighted by Gasteiger charge is 2.14. The zero-order valence-corrected chi connectivity index (χ0v) is 14.3. The Balaban J connectivity index is 1.87. The second-order valence-corrected chi connectivity index (χ2v) is 6.27. The topological polar surface area (TPSA) is 9.23 Å². The van der Waals surface area contributed by atoms with Gasteiger partial charge in [0.15, 0.2) is 5.76 Å².